The fraction of sp³-hybridized carbons (Fsp3) is 1.00. The maximum atomic E-state index is 8.88. The predicted molar refractivity (Wildman–Crippen MR) is 52.0 cm³/mol. The largest absolute Gasteiger partial charge is 0.393 e. The van der Waals surface area contributed by atoms with E-state index in [2.05, 4.69) is 6.92 Å². The average molecular weight is 180 g/mol. The molecule has 0 spiro atoms. The molecule has 0 aliphatic rings. The topological polar surface area (TPSA) is 20.2 Å². The Kier molecular flexibility index (Phi) is 8.28. The molecular formula is C7H16OS2. The van der Waals surface area contributed by atoms with E-state index in [0.717, 1.165) is 5.75 Å². The first kappa shape index (κ1) is 10.7. The maximum Gasteiger partial charge on any atom is 0.0602 e. The third-order valence-corrected chi connectivity index (χ3v) is 3.31. The lowest BCUT2D eigenvalue weighted by molar-refractivity contribution is 0.220. The van der Waals surface area contributed by atoms with Gasteiger partial charge in [-0.25, -0.2) is 0 Å². The van der Waals surface area contributed by atoms with Gasteiger partial charge < -0.3 is 5.11 Å². The van der Waals surface area contributed by atoms with E-state index >= 15 is 0 Å². The van der Waals surface area contributed by atoms with Crippen molar-refractivity contribution in [3.05, 3.63) is 0 Å². The quantitative estimate of drug-likeness (QED) is 0.630. The smallest absolute Gasteiger partial charge is 0.0602 e. The van der Waals surface area contributed by atoms with E-state index in [4.69, 9.17) is 5.11 Å². The van der Waals surface area contributed by atoms with Crippen molar-refractivity contribution in [1.82, 2.24) is 0 Å². The lowest BCUT2D eigenvalue weighted by Gasteiger charge is -2.02. The van der Waals surface area contributed by atoms with Crippen LogP contribution < -0.4 is 0 Å². The first-order valence-corrected chi connectivity index (χ1v) is 5.92. The van der Waals surface area contributed by atoms with Gasteiger partial charge in [-0.15, -0.1) is 0 Å². The summed E-state index contributed by atoms with van der Waals surface area (Å²) in [5, 5.41) is 8.88. The Morgan fingerprint density at radius 2 is 1.90 bits per heavy atom. The molecule has 1 atom stereocenters. The van der Waals surface area contributed by atoms with Gasteiger partial charge in [0.2, 0.25) is 0 Å². The lowest BCUT2D eigenvalue weighted by atomic mass is 10.5. The number of hydrogen-bond donors (Lipinski definition) is 1. The Balaban J connectivity index is 2.77. The van der Waals surface area contributed by atoms with Gasteiger partial charge in [0.25, 0.3) is 0 Å². The van der Waals surface area contributed by atoms with Gasteiger partial charge in [0.1, 0.15) is 0 Å². The van der Waals surface area contributed by atoms with E-state index in [1.807, 2.05) is 30.4 Å². The van der Waals surface area contributed by atoms with Crippen LogP contribution in [0.1, 0.15) is 13.8 Å². The standard InChI is InChI=1S/C7H16OS2/c1-3-9-4-5-10-6-7(2)8/h7-8H,3-6H2,1-2H3. The van der Waals surface area contributed by atoms with Crippen molar-refractivity contribution in [3.8, 4) is 0 Å². The molecule has 0 saturated heterocycles. The summed E-state index contributed by atoms with van der Waals surface area (Å²) in [6.45, 7) is 4.00. The van der Waals surface area contributed by atoms with Crippen LogP contribution in [0.25, 0.3) is 0 Å². The highest BCUT2D eigenvalue weighted by Crippen LogP contribution is 2.07. The van der Waals surface area contributed by atoms with Gasteiger partial charge >= 0.3 is 0 Å². The second-order valence-electron chi connectivity index (χ2n) is 2.12. The lowest BCUT2D eigenvalue weighted by Crippen LogP contribution is -2.03. The van der Waals surface area contributed by atoms with Crippen LogP contribution in [0.15, 0.2) is 0 Å². The second kappa shape index (κ2) is 7.76. The van der Waals surface area contributed by atoms with Crippen LogP contribution in [0.3, 0.4) is 0 Å². The predicted octanol–water partition coefficient (Wildman–Crippen LogP) is 1.85. The molecule has 1 N–H and O–H groups in total. The third kappa shape index (κ3) is 8.66. The van der Waals surface area contributed by atoms with Crippen LogP contribution in [0, 0.1) is 0 Å². The minimum Gasteiger partial charge on any atom is -0.393 e. The Bertz CT molecular complexity index is 66.6. The van der Waals surface area contributed by atoms with Gasteiger partial charge in [-0.05, 0) is 12.7 Å². The zero-order valence-electron chi connectivity index (χ0n) is 6.67. The monoisotopic (exact) mass is 180 g/mol. The number of thioether (sulfide) groups is 2. The summed E-state index contributed by atoms with van der Waals surface area (Å²) in [5.74, 6) is 4.47. The fourth-order valence-corrected chi connectivity index (χ4v) is 2.26. The summed E-state index contributed by atoms with van der Waals surface area (Å²) in [6.07, 6.45) is -0.142. The molecule has 0 aromatic carbocycles. The Hall–Kier alpha value is 0.660. The summed E-state index contributed by atoms with van der Waals surface area (Å²) in [6, 6.07) is 0. The molecule has 0 aromatic heterocycles. The summed E-state index contributed by atoms with van der Waals surface area (Å²) >= 11 is 3.79. The Labute approximate surface area is 72.0 Å². The highest BCUT2D eigenvalue weighted by Gasteiger charge is 1.94. The van der Waals surface area contributed by atoms with Gasteiger partial charge in [0, 0.05) is 17.3 Å². The van der Waals surface area contributed by atoms with E-state index in [0.29, 0.717) is 0 Å². The van der Waals surface area contributed by atoms with Crippen molar-refractivity contribution < 1.29 is 5.11 Å². The van der Waals surface area contributed by atoms with Crippen LogP contribution in [0.5, 0.6) is 0 Å². The molecule has 0 saturated carbocycles. The molecule has 10 heavy (non-hydrogen) atoms. The summed E-state index contributed by atoms with van der Waals surface area (Å²) in [4.78, 5) is 0. The molecule has 0 aromatic rings. The summed E-state index contributed by atoms with van der Waals surface area (Å²) in [5.41, 5.74) is 0. The molecule has 0 radical (unpaired) electrons. The minimum absolute atomic E-state index is 0.142. The van der Waals surface area contributed by atoms with Gasteiger partial charge in [-0.3, -0.25) is 0 Å². The molecule has 0 rings (SSSR count). The molecule has 62 valence electrons. The minimum atomic E-state index is -0.142. The second-order valence-corrected chi connectivity index (χ2v) is 4.66. The highest BCUT2D eigenvalue weighted by atomic mass is 32.2. The Morgan fingerprint density at radius 3 is 2.40 bits per heavy atom. The van der Waals surface area contributed by atoms with E-state index in [1.165, 1.54) is 17.3 Å². The number of aliphatic hydroxyl groups excluding tert-OH is 1. The first-order valence-electron chi connectivity index (χ1n) is 3.61. The van der Waals surface area contributed by atoms with E-state index in [9.17, 15) is 0 Å². The third-order valence-electron chi connectivity index (χ3n) is 0.935. The van der Waals surface area contributed by atoms with Crippen molar-refractivity contribution in [2.75, 3.05) is 23.0 Å². The number of aliphatic hydroxyl groups is 1. The molecule has 0 aliphatic carbocycles. The molecule has 0 amide bonds. The molecule has 0 bridgehead atoms. The fourth-order valence-electron chi connectivity index (χ4n) is 0.516. The van der Waals surface area contributed by atoms with Crippen LogP contribution in [0.2, 0.25) is 0 Å². The molecule has 1 nitrogen and oxygen atoms in total. The van der Waals surface area contributed by atoms with Gasteiger partial charge in [0.05, 0.1) is 6.10 Å². The zero-order valence-corrected chi connectivity index (χ0v) is 8.30. The highest BCUT2D eigenvalue weighted by molar-refractivity contribution is 8.02. The maximum absolute atomic E-state index is 8.88. The average Bonchev–Trinajstić information content (AvgIpc) is 1.87. The van der Waals surface area contributed by atoms with Gasteiger partial charge in [-0.1, -0.05) is 6.92 Å². The molecular weight excluding hydrogens is 164 g/mol. The van der Waals surface area contributed by atoms with Gasteiger partial charge in [0.15, 0.2) is 0 Å². The summed E-state index contributed by atoms with van der Waals surface area (Å²) < 4.78 is 0. The first-order chi connectivity index (χ1) is 4.77. The van der Waals surface area contributed by atoms with Crippen molar-refractivity contribution in [2.45, 2.75) is 20.0 Å². The van der Waals surface area contributed by atoms with Crippen LogP contribution in [-0.2, 0) is 0 Å². The SMILES string of the molecule is CCSCCSCC(C)O. The van der Waals surface area contributed by atoms with Crippen molar-refractivity contribution in [3.63, 3.8) is 0 Å². The van der Waals surface area contributed by atoms with E-state index in [-0.39, 0.29) is 6.10 Å². The van der Waals surface area contributed by atoms with E-state index < -0.39 is 0 Å². The van der Waals surface area contributed by atoms with Crippen LogP contribution >= 0.6 is 23.5 Å². The van der Waals surface area contributed by atoms with Crippen molar-refractivity contribution in [1.29, 1.82) is 0 Å². The molecule has 0 fully saturated rings. The molecule has 3 heteroatoms. The Morgan fingerprint density at radius 1 is 1.30 bits per heavy atom. The molecule has 1 unspecified atom stereocenters. The van der Waals surface area contributed by atoms with Crippen molar-refractivity contribution >= 4 is 23.5 Å². The zero-order chi connectivity index (χ0) is 7.82. The number of hydrogen-bond acceptors (Lipinski definition) is 3. The normalized spacial score (nSPS) is 13.5. The van der Waals surface area contributed by atoms with Crippen molar-refractivity contribution in [2.24, 2.45) is 0 Å². The molecule has 0 heterocycles. The van der Waals surface area contributed by atoms with Crippen LogP contribution in [0.4, 0.5) is 0 Å². The van der Waals surface area contributed by atoms with Crippen LogP contribution in [-0.4, -0.2) is 34.2 Å². The molecule has 0 aliphatic heterocycles. The number of rotatable bonds is 6. The summed E-state index contributed by atoms with van der Waals surface area (Å²) in [7, 11) is 0. The van der Waals surface area contributed by atoms with Gasteiger partial charge in [-0.2, -0.15) is 23.5 Å². The van der Waals surface area contributed by atoms with E-state index in [1.54, 1.807) is 0 Å².